The first-order valence-corrected chi connectivity index (χ1v) is 7.75. The summed E-state index contributed by atoms with van der Waals surface area (Å²) in [4.78, 5) is -0.528. The van der Waals surface area contributed by atoms with E-state index in [1.54, 1.807) is 6.92 Å². The van der Waals surface area contributed by atoms with Gasteiger partial charge in [0.25, 0.3) is 0 Å². The lowest BCUT2D eigenvalue weighted by Gasteiger charge is -2.20. The zero-order valence-corrected chi connectivity index (χ0v) is 12.7. The first-order valence-electron chi connectivity index (χ1n) is 6.27. The summed E-state index contributed by atoms with van der Waals surface area (Å²) in [5.74, 6) is -0.394. The first kappa shape index (κ1) is 18.4. The number of halogens is 3. The molecule has 122 valence electrons. The van der Waals surface area contributed by atoms with Crippen LogP contribution in [-0.2, 0) is 16.2 Å². The number of hydrogen-bond donors (Lipinski definition) is 2. The van der Waals surface area contributed by atoms with Crippen molar-refractivity contribution >= 4 is 10.0 Å². The molecular weight excluding hydrogens is 321 g/mol. The average Bonchev–Trinajstić information content (AvgIpc) is 2.44. The van der Waals surface area contributed by atoms with Gasteiger partial charge >= 0.3 is 6.18 Å². The SMILES string of the molecule is CC(CO)C(C)NS(=O)(=O)c1ccc(C(F)(F)F)cc1C#N. The summed E-state index contributed by atoms with van der Waals surface area (Å²) in [6.07, 6.45) is -4.67. The van der Waals surface area contributed by atoms with E-state index in [2.05, 4.69) is 4.72 Å². The van der Waals surface area contributed by atoms with E-state index in [0.29, 0.717) is 12.1 Å². The molecule has 0 heterocycles. The highest BCUT2D eigenvalue weighted by molar-refractivity contribution is 7.89. The van der Waals surface area contributed by atoms with Crippen molar-refractivity contribution in [2.24, 2.45) is 5.92 Å². The Bertz CT molecular complexity index is 681. The van der Waals surface area contributed by atoms with Crippen LogP contribution in [0.2, 0.25) is 0 Å². The lowest BCUT2D eigenvalue weighted by atomic mass is 10.1. The normalized spacial score (nSPS) is 15.1. The first-order chi connectivity index (χ1) is 10.0. The number of aliphatic hydroxyl groups is 1. The molecule has 0 fully saturated rings. The second-order valence-electron chi connectivity index (χ2n) is 4.89. The Balaban J connectivity index is 3.24. The Morgan fingerprint density at radius 3 is 2.41 bits per heavy atom. The van der Waals surface area contributed by atoms with Gasteiger partial charge in [0.2, 0.25) is 10.0 Å². The molecular formula is C13H15F3N2O3S. The van der Waals surface area contributed by atoms with Crippen LogP contribution in [-0.4, -0.2) is 26.2 Å². The number of benzene rings is 1. The molecule has 0 radical (unpaired) electrons. The maximum absolute atomic E-state index is 12.6. The highest BCUT2D eigenvalue weighted by Gasteiger charge is 2.32. The summed E-state index contributed by atoms with van der Waals surface area (Å²) in [5, 5.41) is 17.9. The third kappa shape index (κ3) is 4.19. The Morgan fingerprint density at radius 2 is 1.95 bits per heavy atom. The molecule has 1 aromatic carbocycles. The third-order valence-corrected chi connectivity index (χ3v) is 4.82. The zero-order chi connectivity index (χ0) is 17.1. The van der Waals surface area contributed by atoms with E-state index in [1.807, 2.05) is 0 Å². The highest BCUT2D eigenvalue weighted by Crippen LogP contribution is 2.31. The maximum atomic E-state index is 12.6. The van der Waals surface area contributed by atoms with Gasteiger partial charge in [-0.25, -0.2) is 13.1 Å². The topological polar surface area (TPSA) is 90.2 Å². The van der Waals surface area contributed by atoms with Crippen molar-refractivity contribution in [3.05, 3.63) is 29.3 Å². The fraction of sp³-hybridized carbons (Fsp3) is 0.462. The molecule has 0 aliphatic heterocycles. The molecule has 0 amide bonds. The van der Waals surface area contributed by atoms with Crippen molar-refractivity contribution in [2.45, 2.75) is 31.0 Å². The minimum Gasteiger partial charge on any atom is -0.396 e. The minimum absolute atomic E-state index is 0.262. The molecule has 0 saturated heterocycles. The molecule has 0 spiro atoms. The fourth-order valence-corrected chi connectivity index (χ4v) is 3.10. The number of aliphatic hydroxyl groups excluding tert-OH is 1. The van der Waals surface area contributed by atoms with E-state index < -0.39 is 44.2 Å². The second kappa shape index (κ2) is 6.64. The minimum atomic E-state index is -4.67. The third-order valence-electron chi connectivity index (χ3n) is 3.20. The van der Waals surface area contributed by atoms with Crippen LogP contribution in [0.3, 0.4) is 0 Å². The van der Waals surface area contributed by atoms with Gasteiger partial charge in [-0.15, -0.1) is 0 Å². The number of hydrogen-bond acceptors (Lipinski definition) is 4. The van der Waals surface area contributed by atoms with E-state index in [4.69, 9.17) is 10.4 Å². The summed E-state index contributed by atoms with van der Waals surface area (Å²) >= 11 is 0. The molecule has 0 bridgehead atoms. The average molecular weight is 336 g/mol. The van der Waals surface area contributed by atoms with Crippen molar-refractivity contribution in [2.75, 3.05) is 6.61 Å². The number of alkyl halides is 3. The molecule has 1 rings (SSSR count). The number of sulfonamides is 1. The summed E-state index contributed by atoms with van der Waals surface area (Å²) in [6, 6.07) is 2.66. The number of rotatable bonds is 5. The fourth-order valence-electron chi connectivity index (χ4n) is 1.61. The van der Waals surface area contributed by atoms with Crippen LogP contribution in [0, 0.1) is 17.2 Å². The lowest BCUT2D eigenvalue weighted by Crippen LogP contribution is -2.38. The Hall–Kier alpha value is -1.63. The van der Waals surface area contributed by atoms with Gasteiger partial charge in [0.15, 0.2) is 0 Å². The molecule has 0 aliphatic carbocycles. The van der Waals surface area contributed by atoms with Crippen molar-refractivity contribution in [3.8, 4) is 6.07 Å². The van der Waals surface area contributed by atoms with Gasteiger partial charge in [0.05, 0.1) is 16.0 Å². The summed E-state index contributed by atoms with van der Waals surface area (Å²) in [7, 11) is -4.17. The van der Waals surface area contributed by atoms with Crippen molar-refractivity contribution in [1.82, 2.24) is 4.72 Å². The van der Waals surface area contributed by atoms with Crippen LogP contribution in [0.15, 0.2) is 23.1 Å². The summed E-state index contributed by atoms with van der Waals surface area (Å²) < 4.78 is 64.4. The van der Waals surface area contributed by atoms with E-state index in [-0.39, 0.29) is 6.61 Å². The molecule has 0 saturated carbocycles. The summed E-state index contributed by atoms with van der Waals surface area (Å²) in [5.41, 5.74) is -1.69. The standard InChI is InChI=1S/C13H15F3N2O3S/c1-8(7-19)9(2)18-22(20,21)12-4-3-11(13(14,15)16)5-10(12)6-17/h3-5,8-9,18-19H,7H2,1-2H3. The predicted molar refractivity (Wildman–Crippen MR) is 72.2 cm³/mol. The monoisotopic (exact) mass is 336 g/mol. The zero-order valence-electron chi connectivity index (χ0n) is 11.8. The molecule has 5 nitrogen and oxygen atoms in total. The van der Waals surface area contributed by atoms with Crippen LogP contribution >= 0.6 is 0 Å². The molecule has 0 aromatic heterocycles. The number of nitrogens with one attached hydrogen (secondary N) is 1. The molecule has 2 unspecified atom stereocenters. The van der Waals surface area contributed by atoms with Crippen molar-refractivity contribution in [1.29, 1.82) is 5.26 Å². The smallest absolute Gasteiger partial charge is 0.396 e. The number of nitriles is 1. The Kier molecular flexibility index (Phi) is 5.56. The Morgan fingerprint density at radius 1 is 1.36 bits per heavy atom. The Labute approximate surface area is 126 Å². The molecule has 22 heavy (non-hydrogen) atoms. The van der Waals surface area contributed by atoms with Gasteiger partial charge in [-0.2, -0.15) is 18.4 Å². The largest absolute Gasteiger partial charge is 0.416 e. The van der Waals surface area contributed by atoms with E-state index >= 15 is 0 Å². The van der Waals surface area contributed by atoms with Crippen LogP contribution in [0.4, 0.5) is 13.2 Å². The molecule has 1 aromatic rings. The van der Waals surface area contributed by atoms with Crippen LogP contribution in [0.25, 0.3) is 0 Å². The quantitative estimate of drug-likeness (QED) is 0.859. The van der Waals surface area contributed by atoms with E-state index in [0.717, 1.165) is 6.07 Å². The van der Waals surface area contributed by atoms with Gasteiger partial charge in [-0.3, -0.25) is 0 Å². The van der Waals surface area contributed by atoms with Crippen LogP contribution in [0.1, 0.15) is 25.0 Å². The van der Waals surface area contributed by atoms with Crippen molar-refractivity contribution < 1.29 is 26.7 Å². The van der Waals surface area contributed by atoms with Gasteiger partial charge in [-0.05, 0) is 31.0 Å². The van der Waals surface area contributed by atoms with Gasteiger partial charge in [-0.1, -0.05) is 6.92 Å². The van der Waals surface area contributed by atoms with Gasteiger partial charge in [0.1, 0.15) is 6.07 Å². The molecule has 2 N–H and O–H groups in total. The van der Waals surface area contributed by atoms with Crippen LogP contribution in [0.5, 0.6) is 0 Å². The predicted octanol–water partition coefficient (Wildman–Crippen LogP) is 1.87. The van der Waals surface area contributed by atoms with Crippen molar-refractivity contribution in [3.63, 3.8) is 0 Å². The van der Waals surface area contributed by atoms with Gasteiger partial charge < -0.3 is 5.11 Å². The second-order valence-corrected chi connectivity index (χ2v) is 6.57. The van der Waals surface area contributed by atoms with E-state index in [9.17, 15) is 21.6 Å². The van der Waals surface area contributed by atoms with Crippen LogP contribution < -0.4 is 4.72 Å². The lowest BCUT2D eigenvalue weighted by molar-refractivity contribution is -0.137. The van der Waals surface area contributed by atoms with Gasteiger partial charge in [0, 0.05) is 12.6 Å². The molecule has 9 heteroatoms. The van der Waals surface area contributed by atoms with E-state index in [1.165, 1.54) is 13.0 Å². The maximum Gasteiger partial charge on any atom is 0.416 e. The summed E-state index contributed by atoms with van der Waals surface area (Å²) in [6.45, 7) is 2.85. The number of nitrogens with zero attached hydrogens (tertiary/aromatic N) is 1. The molecule has 2 atom stereocenters. The highest BCUT2D eigenvalue weighted by atomic mass is 32.2. The molecule has 0 aliphatic rings.